The lowest BCUT2D eigenvalue weighted by molar-refractivity contribution is 0.179. The van der Waals surface area contributed by atoms with Crippen LogP contribution in [0.1, 0.15) is 31.4 Å². The van der Waals surface area contributed by atoms with E-state index in [2.05, 4.69) is 42.4 Å². The van der Waals surface area contributed by atoms with Gasteiger partial charge in [-0.3, -0.25) is 0 Å². The van der Waals surface area contributed by atoms with Gasteiger partial charge >= 0.3 is 0 Å². The first-order valence-electron chi connectivity index (χ1n) is 7.40. The van der Waals surface area contributed by atoms with Crippen LogP contribution >= 0.6 is 0 Å². The molecule has 1 N–H and O–H groups in total. The molecule has 2 aliphatic rings. The molecule has 1 aromatic carbocycles. The van der Waals surface area contributed by atoms with Crippen LogP contribution < -0.4 is 10.1 Å². The number of likely N-dealkylation sites (tertiary alicyclic amines) is 1. The Labute approximate surface area is 115 Å². The molecule has 0 bridgehead atoms. The van der Waals surface area contributed by atoms with Crippen molar-refractivity contribution in [2.24, 2.45) is 5.92 Å². The molecule has 3 nitrogen and oxygen atoms in total. The Kier molecular flexibility index (Phi) is 3.76. The summed E-state index contributed by atoms with van der Waals surface area (Å²) in [6.07, 6.45) is 2.61. The number of piperidine rings is 1. The average Bonchev–Trinajstić information content (AvgIpc) is 2.83. The minimum absolute atomic E-state index is 0.367. The van der Waals surface area contributed by atoms with Crippen molar-refractivity contribution in [3.8, 4) is 5.75 Å². The van der Waals surface area contributed by atoms with Crippen LogP contribution in [0.25, 0.3) is 0 Å². The second kappa shape index (κ2) is 5.51. The van der Waals surface area contributed by atoms with Crippen LogP contribution in [-0.2, 0) is 0 Å². The average molecular weight is 260 g/mol. The van der Waals surface area contributed by atoms with Crippen LogP contribution in [0.4, 0.5) is 0 Å². The number of nitrogens with zero attached hydrogens (tertiary/aromatic N) is 1. The topological polar surface area (TPSA) is 24.5 Å². The van der Waals surface area contributed by atoms with Crippen molar-refractivity contribution in [2.75, 3.05) is 26.7 Å². The molecule has 0 amide bonds. The van der Waals surface area contributed by atoms with Gasteiger partial charge in [0.25, 0.3) is 0 Å². The van der Waals surface area contributed by atoms with E-state index in [-0.39, 0.29) is 0 Å². The van der Waals surface area contributed by atoms with Crippen molar-refractivity contribution < 1.29 is 4.74 Å². The molecule has 1 fully saturated rings. The second-order valence-corrected chi connectivity index (χ2v) is 6.00. The van der Waals surface area contributed by atoms with E-state index in [4.69, 9.17) is 4.74 Å². The highest BCUT2D eigenvalue weighted by molar-refractivity contribution is 5.39. The fourth-order valence-electron chi connectivity index (χ4n) is 3.28. The van der Waals surface area contributed by atoms with Gasteiger partial charge in [-0.2, -0.15) is 0 Å². The first-order chi connectivity index (χ1) is 9.24. The Balaban J connectivity index is 1.60. The summed E-state index contributed by atoms with van der Waals surface area (Å²) in [6.45, 7) is 5.57. The van der Waals surface area contributed by atoms with Gasteiger partial charge in [-0.05, 0) is 51.9 Å². The number of nitrogens with one attached hydrogen (secondary N) is 1. The molecule has 3 heteroatoms. The molecule has 0 radical (unpaired) electrons. The third-order valence-electron chi connectivity index (χ3n) is 4.63. The van der Waals surface area contributed by atoms with Gasteiger partial charge in [0.1, 0.15) is 12.4 Å². The molecule has 0 aliphatic carbocycles. The van der Waals surface area contributed by atoms with Crippen molar-refractivity contribution in [3.05, 3.63) is 29.8 Å². The van der Waals surface area contributed by atoms with Crippen molar-refractivity contribution in [1.29, 1.82) is 0 Å². The Hall–Kier alpha value is -1.06. The van der Waals surface area contributed by atoms with Gasteiger partial charge in [0.05, 0.1) is 6.04 Å². The van der Waals surface area contributed by atoms with Gasteiger partial charge in [0.15, 0.2) is 0 Å². The van der Waals surface area contributed by atoms with Crippen molar-refractivity contribution in [2.45, 2.75) is 31.8 Å². The van der Waals surface area contributed by atoms with Gasteiger partial charge in [0.2, 0.25) is 0 Å². The number of hydrogen-bond donors (Lipinski definition) is 1. The highest BCUT2D eigenvalue weighted by Crippen LogP contribution is 2.33. The minimum atomic E-state index is 0.367. The zero-order chi connectivity index (χ0) is 13.2. The van der Waals surface area contributed by atoms with E-state index in [9.17, 15) is 0 Å². The maximum atomic E-state index is 5.75. The summed E-state index contributed by atoms with van der Waals surface area (Å²) < 4.78 is 5.75. The van der Waals surface area contributed by atoms with Crippen LogP contribution in [0.3, 0.4) is 0 Å². The first kappa shape index (κ1) is 12.9. The standard InChI is InChI=1S/C16H24N2O/c1-12(13-7-9-18(2)10-8-13)17-15-11-19-16-6-4-3-5-14(15)16/h3-6,12-13,15,17H,7-11H2,1-2H3. The smallest absolute Gasteiger partial charge is 0.124 e. The monoisotopic (exact) mass is 260 g/mol. The fraction of sp³-hybridized carbons (Fsp3) is 0.625. The van der Waals surface area contributed by atoms with E-state index < -0.39 is 0 Å². The Morgan fingerprint density at radius 2 is 2.00 bits per heavy atom. The predicted octanol–water partition coefficient (Wildman–Crippen LogP) is 2.44. The van der Waals surface area contributed by atoms with Gasteiger partial charge < -0.3 is 15.0 Å². The van der Waals surface area contributed by atoms with Gasteiger partial charge in [0, 0.05) is 11.6 Å². The van der Waals surface area contributed by atoms with E-state index >= 15 is 0 Å². The van der Waals surface area contributed by atoms with Gasteiger partial charge in [-0.25, -0.2) is 0 Å². The number of para-hydroxylation sites is 1. The molecular formula is C16H24N2O. The van der Waals surface area contributed by atoms with E-state index in [1.165, 1.54) is 31.5 Å². The lowest BCUT2D eigenvalue weighted by Gasteiger charge is -2.34. The predicted molar refractivity (Wildman–Crippen MR) is 77.5 cm³/mol. The maximum Gasteiger partial charge on any atom is 0.124 e. The molecule has 1 aromatic rings. The Bertz CT molecular complexity index is 427. The lowest BCUT2D eigenvalue weighted by Crippen LogP contribution is -2.42. The highest BCUT2D eigenvalue weighted by atomic mass is 16.5. The van der Waals surface area contributed by atoms with E-state index in [1.54, 1.807) is 0 Å². The van der Waals surface area contributed by atoms with E-state index in [0.717, 1.165) is 18.3 Å². The molecule has 3 rings (SSSR count). The summed E-state index contributed by atoms with van der Waals surface area (Å²) in [6, 6.07) is 9.32. The van der Waals surface area contributed by atoms with Crippen LogP contribution in [0.5, 0.6) is 5.75 Å². The second-order valence-electron chi connectivity index (χ2n) is 6.00. The van der Waals surface area contributed by atoms with Gasteiger partial charge in [-0.15, -0.1) is 0 Å². The lowest BCUT2D eigenvalue weighted by atomic mass is 9.90. The first-order valence-corrected chi connectivity index (χ1v) is 7.40. The molecule has 2 atom stereocenters. The summed E-state index contributed by atoms with van der Waals surface area (Å²) in [5.74, 6) is 1.85. The molecule has 0 saturated carbocycles. The molecular weight excluding hydrogens is 236 g/mol. The quantitative estimate of drug-likeness (QED) is 0.903. The number of rotatable bonds is 3. The van der Waals surface area contributed by atoms with Crippen LogP contribution in [0.15, 0.2) is 24.3 Å². The Morgan fingerprint density at radius 1 is 1.26 bits per heavy atom. The zero-order valence-corrected chi connectivity index (χ0v) is 11.9. The molecule has 19 heavy (non-hydrogen) atoms. The number of fused-ring (bicyclic) bond motifs is 1. The summed E-state index contributed by atoms with van der Waals surface area (Å²) >= 11 is 0. The molecule has 0 spiro atoms. The summed E-state index contributed by atoms with van der Waals surface area (Å²) in [7, 11) is 2.22. The fourth-order valence-corrected chi connectivity index (χ4v) is 3.28. The molecule has 0 aromatic heterocycles. The normalized spacial score (nSPS) is 25.9. The third kappa shape index (κ3) is 2.77. The van der Waals surface area contributed by atoms with Crippen LogP contribution in [0, 0.1) is 5.92 Å². The van der Waals surface area contributed by atoms with Crippen molar-refractivity contribution >= 4 is 0 Å². The maximum absolute atomic E-state index is 5.75. The summed E-state index contributed by atoms with van der Waals surface area (Å²) in [4.78, 5) is 2.43. The third-order valence-corrected chi connectivity index (χ3v) is 4.63. The highest BCUT2D eigenvalue weighted by Gasteiger charge is 2.28. The summed E-state index contributed by atoms with van der Waals surface area (Å²) in [5.41, 5.74) is 1.32. The number of hydrogen-bond acceptors (Lipinski definition) is 3. The van der Waals surface area contributed by atoms with Crippen molar-refractivity contribution in [1.82, 2.24) is 10.2 Å². The number of benzene rings is 1. The minimum Gasteiger partial charge on any atom is -0.491 e. The van der Waals surface area contributed by atoms with Crippen LogP contribution in [0.2, 0.25) is 0 Å². The van der Waals surface area contributed by atoms with Gasteiger partial charge in [-0.1, -0.05) is 18.2 Å². The summed E-state index contributed by atoms with van der Waals surface area (Å²) in [5, 5.41) is 3.78. The zero-order valence-electron chi connectivity index (χ0n) is 11.9. The van der Waals surface area contributed by atoms with Crippen LogP contribution in [-0.4, -0.2) is 37.7 Å². The van der Waals surface area contributed by atoms with Crippen molar-refractivity contribution in [3.63, 3.8) is 0 Å². The molecule has 2 aliphatic heterocycles. The Morgan fingerprint density at radius 3 is 2.79 bits per heavy atom. The molecule has 2 heterocycles. The largest absolute Gasteiger partial charge is 0.491 e. The number of ether oxygens (including phenoxy) is 1. The van der Waals surface area contributed by atoms with E-state index in [0.29, 0.717) is 12.1 Å². The van der Waals surface area contributed by atoms with E-state index in [1.807, 2.05) is 6.07 Å². The molecule has 1 saturated heterocycles. The molecule has 104 valence electrons. The SMILES string of the molecule is CC(NC1COc2ccccc21)C1CCN(C)CC1. The molecule has 2 unspecified atom stereocenters.